The summed E-state index contributed by atoms with van der Waals surface area (Å²) in [7, 11) is 1.90. The maximum atomic E-state index is 12.6. The van der Waals surface area contributed by atoms with Gasteiger partial charge in [0.2, 0.25) is 5.91 Å². The third-order valence-corrected chi connectivity index (χ3v) is 5.72. The van der Waals surface area contributed by atoms with Crippen LogP contribution in [0.5, 0.6) is 0 Å². The van der Waals surface area contributed by atoms with Gasteiger partial charge in [-0.25, -0.2) is 0 Å². The molecule has 0 saturated carbocycles. The van der Waals surface area contributed by atoms with Crippen LogP contribution in [0, 0.1) is 0 Å². The largest absolute Gasteiger partial charge is 0.325 e. The van der Waals surface area contributed by atoms with E-state index in [2.05, 4.69) is 36.4 Å². The van der Waals surface area contributed by atoms with Crippen molar-refractivity contribution >= 4 is 39.3 Å². The van der Waals surface area contributed by atoms with Gasteiger partial charge in [0.25, 0.3) is 0 Å². The van der Waals surface area contributed by atoms with E-state index < -0.39 is 0 Å². The highest BCUT2D eigenvalue weighted by Gasteiger charge is 2.22. The Morgan fingerprint density at radius 3 is 2.54 bits per heavy atom. The van der Waals surface area contributed by atoms with Crippen molar-refractivity contribution in [2.45, 2.75) is 23.8 Å². The molecule has 26 heavy (non-hydrogen) atoms. The fourth-order valence-electron chi connectivity index (χ4n) is 2.38. The maximum absolute atomic E-state index is 12.6. The molecule has 0 aliphatic carbocycles. The van der Waals surface area contributed by atoms with Gasteiger partial charge in [-0.3, -0.25) is 9.78 Å². The Kier molecular flexibility index (Phi) is 6.05. The molecule has 0 bridgehead atoms. The quantitative estimate of drug-likeness (QED) is 0.593. The van der Waals surface area contributed by atoms with Crippen molar-refractivity contribution in [1.29, 1.82) is 0 Å². The summed E-state index contributed by atoms with van der Waals surface area (Å²) in [5.74, 6) is 0.700. The van der Waals surface area contributed by atoms with Crippen molar-refractivity contribution in [1.82, 2.24) is 19.7 Å². The molecular formula is C18H18BrN5OS. The second-order valence-electron chi connectivity index (χ2n) is 5.61. The monoisotopic (exact) mass is 431 g/mol. The lowest BCUT2D eigenvalue weighted by Gasteiger charge is -2.14. The van der Waals surface area contributed by atoms with Gasteiger partial charge in [-0.05, 0) is 42.8 Å². The van der Waals surface area contributed by atoms with Crippen LogP contribution in [-0.4, -0.2) is 30.9 Å². The average molecular weight is 432 g/mol. The minimum Gasteiger partial charge on any atom is -0.325 e. The summed E-state index contributed by atoms with van der Waals surface area (Å²) >= 11 is 4.80. The minimum absolute atomic E-state index is 0.0479. The lowest BCUT2D eigenvalue weighted by molar-refractivity contribution is -0.115. The molecule has 0 saturated heterocycles. The predicted octanol–water partition coefficient (Wildman–Crippen LogP) is 4.15. The molecule has 1 amide bonds. The van der Waals surface area contributed by atoms with Crippen LogP contribution in [0.1, 0.15) is 13.3 Å². The number of amides is 1. The number of aromatic nitrogens is 4. The number of halogens is 1. The van der Waals surface area contributed by atoms with Gasteiger partial charge < -0.3 is 9.88 Å². The first-order chi connectivity index (χ1) is 12.6. The SMILES string of the molecule is CC[C@@H](Sc1nnc(-c2ccncc2)n1C)C(=O)Nc1ccc(Br)cc1. The number of carbonyl (C=O) groups excluding carboxylic acids is 1. The lowest BCUT2D eigenvalue weighted by Crippen LogP contribution is -2.25. The lowest BCUT2D eigenvalue weighted by atomic mass is 10.2. The smallest absolute Gasteiger partial charge is 0.237 e. The van der Waals surface area contributed by atoms with Gasteiger partial charge >= 0.3 is 0 Å². The molecule has 0 radical (unpaired) electrons. The molecule has 0 aliphatic heterocycles. The Bertz CT molecular complexity index is 882. The van der Waals surface area contributed by atoms with E-state index in [0.29, 0.717) is 11.6 Å². The third kappa shape index (κ3) is 4.31. The first kappa shape index (κ1) is 18.6. The Labute approximate surface area is 164 Å². The van der Waals surface area contributed by atoms with Crippen LogP contribution in [0.25, 0.3) is 11.4 Å². The third-order valence-electron chi connectivity index (χ3n) is 3.80. The molecule has 1 N–H and O–H groups in total. The van der Waals surface area contributed by atoms with E-state index in [1.165, 1.54) is 11.8 Å². The average Bonchev–Trinajstić information content (AvgIpc) is 3.02. The van der Waals surface area contributed by atoms with E-state index in [1.807, 2.05) is 54.9 Å². The summed E-state index contributed by atoms with van der Waals surface area (Å²) in [4.78, 5) is 16.6. The molecule has 8 heteroatoms. The molecule has 0 spiro atoms. The Morgan fingerprint density at radius 2 is 1.88 bits per heavy atom. The van der Waals surface area contributed by atoms with Crippen LogP contribution in [0.15, 0.2) is 58.4 Å². The van der Waals surface area contributed by atoms with E-state index in [1.54, 1.807) is 12.4 Å². The molecule has 134 valence electrons. The Hall–Kier alpha value is -2.19. The molecule has 1 atom stereocenters. The van der Waals surface area contributed by atoms with Gasteiger partial charge in [0.1, 0.15) is 0 Å². The van der Waals surface area contributed by atoms with Crippen molar-refractivity contribution < 1.29 is 4.79 Å². The molecule has 6 nitrogen and oxygen atoms in total. The van der Waals surface area contributed by atoms with Gasteiger partial charge in [0, 0.05) is 35.2 Å². The summed E-state index contributed by atoms with van der Waals surface area (Å²) in [5.41, 5.74) is 1.71. The Morgan fingerprint density at radius 1 is 1.19 bits per heavy atom. The summed E-state index contributed by atoms with van der Waals surface area (Å²) in [6, 6.07) is 11.3. The van der Waals surface area contributed by atoms with Crippen molar-refractivity contribution in [2.24, 2.45) is 7.05 Å². The number of nitrogens with zero attached hydrogens (tertiary/aromatic N) is 4. The zero-order valence-electron chi connectivity index (χ0n) is 14.4. The first-order valence-electron chi connectivity index (χ1n) is 8.11. The number of pyridine rings is 1. The number of nitrogens with one attached hydrogen (secondary N) is 1. The minimum atomic E-state index is -0.258. The van der Waals surface area contributed by atoms with E-state index in [-0.39, 0.29) is 11.2 Å². The zero-order chi connectivity index (χ0) is 18.5. The van der Waals surface area contributed by atoms with E-state index in [9.17, 15) is 4.79 Å². The van der Waals surface area contributed by atoms with E-state index in [0.717, 1.165) is 21.5 Å². The summed E-state index contributed by atoms with van der Waals surface area (Å²) in [6.45, 7) is 1.99. The van der Waals surface area contributed by atoms with Crippen molar-refractivity contribution in [2.75, 3.05) is 5.32 Å². The van der Waals surface area contributed by atoms with Crippen molar-refractivity contribution in [3.05, 3.63) is 53.3 Å². The summed E-state index contributed by atoms with van der Waals surface area (Å²) < 4.78 is 2.87. The normalized spacial score (nSPS) is 12.0. The van der Waals surface area contributed by atoms with Crippen LogP contribution < -0.4 is 5.32 Å². The zero-order valence-corrected chi connectivity index (χ0v) is 16.8. The number of anilines is 1. The highest BCUT2D eigenvalue weighted by Crippen LogP contribution is 2.28. The van der Waals surface area contributed by atoms with Gasteiger partial charge in [-0.15, -0.1) is 10.2 Å². The molecule has 0 aliphatic rings. The Balaban J connectivity index is 1.73. The van der Waals surface area contributed by atoms with Crippen molar-refractivity contribution in [3.8, 4) is 11.4 Å². The van der Waals surface area contributed by atoms with E-state index >= 15 is 0 Å². The molecule has 3 rings (SSSR count). The molecule has 1 aromatic carbocycles. The predicted molar refractivity (Wildman–Crippen MR) is 107 cm³/mol. The number of rotatable bonds is 6. The molecule has 2 heterocycles. The topological polar surface area (TPSA) is 72.7 Å². The fraction of sp³-hybridized carbons (Fsp3) is 0.222. The summed E-state index contributed by atoms with van der Waals surface area (Å²) in [6.07, 6.45) is 4.12. The summed E-state index contributed by atoms with van der Waals surface area (Å²) in [5, 5.41) is 11.9. The molecule has 0 unspecified atom stereocenters. The highest BCUT2D eigenvalue weighted by atomic mass is 79.9. The second kappa shape index (κ2) is 8.46. The standard InChI is InChI=1S/C18H18BrN5OS/c1-3-15(17(25)21-14-6-4-13(19)5-7-14)26-18-23-22-16(24(18)2)12-8-10-20-11-9-12/h4-11,15H,3H2,1-2H3,(H,21,25)/t15-/m1/s1. The van der Waals surface area contributed by atoms with Gasteiger partial charge in [0.05, 0.1) is 5.25 Å². The number of benzene rings is 1. The maximum Gasteiger partial charge on any atom is 0.237 e. The van der Waals surface area contributed by atoms with Crippen molar-refractivity contribution in [3.63, 3.8) is 0 Å². The number of hydrogen-bond donors (Lipinski definition) is 1. The van der Waals surface area contributed by atoms with Crippen LogP contribution in [-0.2, 0) is 11.8 Å². The fourth-order valence-corrected chi connectivity index (χ4v) is 3.56. The van der Waals surface area contributed by atoms with Crippen LogP contribution in [0.2, 0.25) is 0 Å². The number of carbonyl (C=O) groups is 1. The van der Waals surface area contributed by atoms with Crippen LogP contribution >= 0.6 is 27.7 Å². The van der Waals surface area contributed by atoms with Gasteiger partial charge in [-0.1, -0.05) is 34.6 Å². The molecule has 2 aromatic heterocycles. The van der Waals surface area contributed by atoms with Crippen LogP contribution in [0.3, 0.4) is 0 Å². The van der Waals surface area contributed by atoms with Gasteiger partial charge in [0.15, 0.2) is 11.0 Å². The molecule has 3 aromatic rings. The highest BCUT2D eigenvalue weighted by molar-refractivity contribution is 9.10. The first-order valence-corrected chi connectivity index (χ1v) is 9.78. The van der Waals surface area contributed by atoms with Crippen LogP contribution in [0.4, 0.5) is 5.69 Å². The van der Waals surface area contributed by atoms with Gasteiger partial charge in [-0.2, -0.15) is 0 Å². The number of hydrogen-bond acceptors (Lipinski definition) is 5. The molecule has 0 fully saturated rings. The van der Waals surface area contributed by atoms with E-state index in [4.69, 9.17) is 0 Å². The molecular weight excluding hydrogens is 414 g/mol. The second-order valence-corrected chi connectivity index (χ2v) is 7.70. The number of thioether (sulfide) groups is 1.